The minimum absolute atomic E-state index is 0.147. The Morgan fingerprint density at radius 2 is 2.21 bits per heavy atom. The molecule has 0 radical (unpaired) electrons. The summed E-state index contributed by atoms with van der Waals surface area (Å²) in [5.41, 5.74) is 3.04. The topological polar surface area (TPSA) is 51.0 Å². The maximum Gasteiger partial charge on any atom is 0.226 e. The highest BCUT2D eigenvalue weighted by Crippen LogP contribution is 2.62. The molecule has 3 atom stereocenters. The van der Waals surface area contributed by atoms with E-state index in [1.54, 1.807) is 6.20 Å². The average molecular weight is 322 g/mol. The van der Waals surface area contributed by atoms with Crippen molar-refractivity contribution in [2.45, 2.75) is 43.6 Å². The van der Waals surface area contributed by atoms with Gasteiger partial charge in [-0.25, -0.2) is 4.68 Å². The Balaban J connectivity index is 1.33. The first-order valence-corrected chi connectivity index (χ1v) is 9.01. The van der Waals surface area contributed by atoms with E-state index in [1.807, 2.05) is 10.9 Å². The van der Waals surface area contributed by atoms with Crippen LogP contribution in [0, 0.1) is 5.92 Å². The predicted octanol–water partition coefficient (Wildman–Crippen LogP) is 2.35. The molecule has 5 rings (SSSR count). The number of hydrogen-bond donors (Lipinski definition) is 0. The summed E-state index contributed by atoms with van der Waals surface area (Å²) in [7, 11) is 0. The summed E-state index contributed by atoms with van der Waals surface area (Å²) in [6.45, 7) is 1.66. The number of nitrogens with zero attached hydrogens (tertiary/aromatic N) is 4. The largest absolute Gasteiger partial charge is 0.340 e. The highest BCUT2D eigenvalue weighted by atomic mass is 16.2. The molecule has 1 aliphatic heterocycles. The van der Waals surface area contributed by atoms with Crippen LogP contribution in [0.4, 0.5) is 0 Å². The van der Waals surface area contributed by atoms with E-state index in [9.17, 15) is 4.79 Å². The van der Waals surface area contributed by atoms with Crippen molar-refractivity contribution in [3.05, 3.63) is 47.8 Å². The molecule has 1 spiro atoms. The van der Waals surface area contributed by atoms with E-state index in [1.165, 1.54) is 11.1 Å². The number of aromatic nitrogens is 3. The first kappa shape index (κ1) is 14.2. The van der Waals surface area contributed by atoms with Gasteiger partial charge in [-0.05, 0) is 43.2 Å². The molecule has 2 aliphatic carbocycles. The van der Waals surface area contributed by atoms with Gasteiger partial charge in [0.2, 0.25) is 5.91 Å². The molecule has 0 bridgehead atoms. The smallest absolute Gasteiger partial charge is 0.226 e. The van der Waals surface area contributed by atoms with Crippen molar-refractivity contribution in [3.8, 4) is 0 Å². The number of hydrogen-bond acceptors (Lipinski definition) is 3. The van der Waals surface area contributed by atoms with Crippen LogP contribution in [-0.4, -0.2) is 38.9 Å². The minimum Gasteiger partial charge on any atom is -0.340 e. The van der Waals surface area contributed by atoms with Crippen LogP contribution in [0.2, 0.25) is 0 Å². The van der Waals surface area contributed by atoms with E-state index in [4.69, 9.17) is 0 Å². The number of rotatable bonds is 2. The molecule has 5 nitrogen and oxygen atoms in total. The van der Waals surface area contributed by atoms with Gasteiger partial charge in [0.05, 0.1) is 12.2 Å². The lowest BCUT2D eigenvalue weighted by atomic mass is 9.94. The molecule has 1 aromatic carbocycles. The van der Waals surface area contributed by atoms with Crippen molar-refractivity contribution in [1.29, 1.82) is 0 Å². The second-order valence-corrected chi connectivity index (χ2v) is 7.53. The van der Waals surface area contributed by atoms with Crippen molar-refractivity contribution in [3.63, 3.8) is 0 Å². The maximum atomic E-state index is 13.1. The Bertz CT molecular complexity index is 771. The zero-order valence-electron chi connectivity index (χ0n) is 13.8. The van der Waals surface area contributed by atoms with Gasteiger partial charge in [0.1, 0.15) is 0 Å². The highest BCUT2D eigenvalue weighted by Gasteiger charge is 2.62. The summed E-state index contributed by atoms with van der Waals surface area (Å²) in [6.07, 6.45) is 9.05. The number of carbonyl (C=O) groups is 1. The molecule has 24 heavy (non-hydrogen) atoms. The molecule has 0 N–H and O–H groups in total. The van der Waals surface area contributed by atoms with Crippen molar-refractivity contribution in [2.75, 3.05) is 13.1 Å². The van der Waals surface area contributed by atoms with E-state index >= 15 is 0 Å². The Kier molecular flexibility index (Phi) is 3.05. The molecule has 1 saturated carbocycles. The molecule has 2 aromatic rings. The Morgan fingerprint density at radius 1 is 1.29 bits per heavy atom. The number of carbonyl (C=O) groups excluding carboxylic acids is 1. The second kappa shape index (κ2) is 5.16. The van der Waals surface area contributed by atoms with E-state index < -0.39 is 0 Å². The first-order chi connectivity index (χ1) is 11.8. The molecule has 3 aliphatic rings. The van der Waals surface area contributed by atoms with Gasteiger partial charge in [-0.3, -0.25) is 4.79 Å². The molecule has 1 saturated heterocycles. The zero-order chi connectivity index (χ0) is 16.1. The molecule has 5 heteroatoms. The van der Waals surface area contributed by atoms with Gasteiger partial charge in [0.25, 0.3) is 0 Å². The van der Waals surface area contributed by atoms with Crippen LogP contribution in [0.25, 0.3) is 0 Å². The predicted molar refractivity (Wildman–Crippen MR) is 89.4 cm³/mol. The van der Waals surface area contributed by atoms with Crippen LogP contribution in [0.1, 0.15) is 42.9 Å². The van der Waals surface area contributed by atoms with Gasteiger partial charge >= 0.3 is 0 Å². The first-order valence-electron chi connectivity index (χ1n) is 9.01. The fourth-order valence-electron chi connectivity index (χ4n) is 4.92. The lowest BCUT2D eigenvalue weighted by molar-refractivity contribution is -0.134. The molecule has 1 amide bonds. The molecule has 124 valence electrons. The summed E-state index contributed by atoms with van der Waals surface area (Å²) < 4.78 is 1.91. The molecule has 2 fully saturated rings. The minimum atomic E-state index is 0.147. The average Bonchev–Trinajstić information content (AvgIpc) is 2.98. The fraction of sp³-hybridized carbons (Fsp3) is 0.526. The summed E-state index contributed by atoms with van der Waals surface area (Å²) in [5.74, 6) is 0.548. The molecule has 2 heterocycles. The van der Waals surface area contributed by atoms with Gasteiger partial charge in [0.15, 0.2) is 0 Å². The van der Waals surface area contributed by atoms with Crippen LogP contribution >= 0.6 is 0 Å². The number of likely N-dealkylation sites (tertiary alicyclic amines) is 1. The summed E-state index contributed by atoms with van der Waals surface area (Å²) in [5, 5.41) is 8.03. The zero-order valence-corrected chi connectivity index (χ0v) is 13.8. The third-order valence-corrected chi connectivity index (χ3v) is 6.29. The number of amides is 1. The normalized spacial score (nSPS) is 31.2. The van der Waals surface area contributed by atoms with Crippen LogP contribution < -0.4 is 0 Å². The van der Waals surface area contributed by atoms with Crippen molar-refractivity contribution < 1.29 is 4.79 Å². The number of aryl methyl sites for hydroxylation is 1. The summed E-state index contributed by atoms with van der Waals surface area (Å²) in [6, 6.07) is 8.98. The van der Waals surface area contributed by atoms with Gasteiger partial charge in [-0.2, -0.15) is 0 Å². The number of benzene rings is 1. The van der Waals surface area contributed by atoms with Gasteiger partial charge in [-0.15, -0.1) is 5.10 Å². The Morgan fingerprint density at radius 3 is 3.08 bits per heavy atom. The van der Waals surface area contributed by atoms with Gasteiger partial charge in [-0.1, -0.05) is 29.5 Å². The fourth-order valence-corrected chi connectivity index (χ4v) is 4.92. The van der Waals surface area contributed by atoms with Gasteiger partial charge in [0, 0.05) is 30.6 Å². The molecule has 1 aromatic heterocycles. The second-order valence-electron chi connectivity index (χ2n) is 7.53. The quantitative estimate of drug-likeness (QED) is 0.853. The van der Waals surface area contributed by atoms with E-state index in [2.05, 4.69) is 39.5 Å². The van der Waals surface area contributed by atoms with Crippen molar-refractivity contribution in [2.24, 2.45) is 5.92 Å². The maximum absolute atomic E-state index is 13.1. The van der Waals surface area contributed by atoms with Crippen LogP contribution in [0.5, 0.6) is 0 Å². The lowest BCUT2D eigenvalue weighted by Gasteiger charge is -2.33. The van der Waals surface area contributed by atoms with Crippen LogP contribution in [0.15, 0.2) is 36.7 Å². The monoisotopic (exact) mass is 322 g/mol. The SMILES string of the molecule is O=C(C1CC12CCc1ccccc12)N1CCCC(n2ccnn2)C1. The van der Waals surface area contributed by atoms with Crippen molar-refractivity contribution in [1.82, 2.24) is 19.9 Å². The third-order valence-electron chi connectivity index (χ3n) is 6.29. The van der Waals surface area contributed by atoms with E-state index in [0.717, 1.165) is 45.2 Å². The third kappa shape index (κ3) is 2.03. The number of piperidine rings is 1. The van der Waals surface area contributed by atoms with E-state index in [-0.39, 0.29) is 17.4 Å². The van der Waals surface area contributed by atoms with Gasteiger partial charge < -0.3 is 4.90 Å². The molecular formula is C19H22N4O. The Labute approximate surface area is 141 Å². The van der Waals surface area contributed by atoms with Crippen LogP contribution in [0.3, 0.4) is 0 Å². The highest BCUT2D eigenvalue weighted by molar-refractivity contribution is 5.85. The molecular weight excluding hydrogens is 300 g/mol. The summed E-state index contributed by atoms with van der Waals surface area (Å²) >= 11 is 0. The summed E-state index contributed by atoms with van der Waals surface area (Å²) in [4.78, 5) is 15.2. The molecule has 3 unspecified atom stereocenters. The van der Waals surface area contributed by atoms with Crippen LogP contribution in [-0.2, 0) is 16.6 Å². The lowest BCUT2D eigenvalue weighted by Crippen LogP contribution is -2.42. The standard InChI is InChI=1S/C19H22N4O/c24-18(22-10-3-5-15(13-22)23-11-9-20-21-23)17-12-19(17)8-7-14-4-1-2-6-16(14)19/h1-2,4,6,9,11,15,17H,3,5,7-8,10,12-13H2. The number of fused-ring (bicyclic) bond motifs is 2. The van der Waals surface area contributed by atoms with E-state index in [0.29, 0.717) is 5.91 Å². The Hall–Kier alpha value is -2.17. The van der Waals surface area contributed by atoms with Crippen molar-refractivity contribution >= 4 is 5.91 Å².